The zero-order chi connectivity index (χ0) is 16.4. The summed E-state index contributed by atoms with van der Waals surface area (Å²) >= 11 is 0. The highest BCUT2D eigenvalue weighted by molar-refractivity contribution is 5.43. The molecule has 0 amide bonds. The van der Waals surface area contributed by atoms with Crippen molar-refractivity contribution in [3.8, 4) is 0 Å². The first kappa shape index (κ1) is 15.8. The van der Waals surface area contributed by atoms with E-state index in [1.165, 1.54) is 6.33 Å². The molecule has 0 spiro atoms. The molecule has 8 heteroatoms. The number of morpholine rings is 1. The van der Waals surface area contributed by atoms with Gasteiger partial charge in [-0.15, -0.1) is 0 Å². The number of aromatic nitrogens is 4. The standard InChI is InChI=1S/C15H20FN5O2/c1-4-10-12(16)14(18-8-17-10)21-5-6-22-7-11(21)13-19-15(9(2)3)23-20-13/h8-9,11H,4-7H2,1-3H3/t11-/m0/s1. The summed E-state index contributed by atoms with van der Waals surface area (Å²) in [5, 5.41) is 4.04. The minimum atomic E-state index is -0.394. The number of anilines is 1. The third kappa shape index (κ3) is 3.03. The first-order valence-electron chi connectivity index (χ1n) is 7.79. The molecule has 1 aliphatic heterocycles. The summed E-state index contributed by atoms with van der Waals surface area (Å²) in [7, 11) is 0. The van der Waals surface area contributed by atoms with Crippen LogP contribution in [-0.4, -0.2) is 39.9 Å². The molecule has 0 bridgehead atoms. The van der Waals surface area contributed by atoms with Crippen LogP contribution in [0.4, 0.5) is 10.2 Å². The Labute approximate surface area is 133 Å². The summed E-state index contributed by atoms with van der Waals surface area (Å²) in [6, 6.07) is -0.325. The number of halogens is 1. The first-order chi connectivity index (χ1) is 11.1. The minimum Gasteiger partial charge on any atom is -0.377 e. The van der Waals surface area contributed by atoms with Crippen molar-refractivity contribution in [2.24, 2.45) is 0 Å². The summed E-state index contributed by atoms with van der Waals surface area (Å²) in [5.41, 5.74) is 0.399. The Bertz CT molecular complexity index is 676. The normalized spacial score (nSPS) is 18.7. The smallest absolute Gasteiger partial charge is 0.229 e. The number of ether oxygens (including phenoxy) is 1. The average molecular weight is 321 g/mol. The van der Waals surface area contributed by atoms with Crippen LogP contribution in [0.15, 0.2) is 10.9 Å². The zero-order valence-electron chi connectivity index (χ0n) is 13.5. The van der Waals surface area contributed by atoms with Gasteiger partial charge in [-0.3, -0.25) is 0 Å². The van der Waals surface area contributed by atoms with Gasteiger partial charge >= 0.3 is 0 Å². The molecular weight excluding hydrogens is 301 g/mol. The van der Waals surface area contributed by atoms with E-state index in [4.69, 9.17) is 9.26 Å². The predicted molar refractivity (Wildman–Crippen MR) is 80.7 cm³/mol. The van der Waals surface area contributed by atoms with Crippen molar-refractivity contribution in [3.05, 3.63) is 29.6 Å². The van der Waals surface area contributed by atoms with Gasteiger partial charge in [-0.2, -0.15) is 4.98 Å². The number of hydrogen-bond donors (Lipinski definition) is 0. The lowest BCUT2D eigenvalue weighted by Gasteiger charge is -2.34. The topological polar surface area (TPSA) is 77.2 Å². The summed E-state index contributed by atoms with van der Waals surface area (Å²) < 4.78 is 25.4. The lowest BCUT2D eigenvalue weighted by atomic mass is 10.2. The van der Waals surface area contributed by atoms with Gasteiger partial charge in [0.1, 0.15) is 12.4 Å². The third-order valence-electron chi connectivity index (χ3n) is 3.83. The van der Waals surface area contributed by atoms with Crippen LogP contribution in [0, 0.1) is 5.82 Å². The molecule has 124 valence electrons. The van der Waals surface area contributed by atoms with Crippen molar-refractivity contribution >= 4 is 5.82 Å². The van der Waals surface area contributed by atoms with Crippen molar-refractivity contribution in [1.82, 2.24) is 20.1 Å². The molecule has 0 unspecified atom stereocenters. The fraction of sp³-hybridized carbons (Fsp3) is 0.600. The van der Waals surface area contributed by atoms with Crippen molar-refractivity contribution in [1.29, 1.82) is 0 Å². The fourth-order valence-electron chi connectivity index (χ4n) is 2.53. The highest BCUT2D eigenvalue weighted by Gasteiger charge is 2.32. The van der Waals surface area contributed by atoms with E-state index in [9.17, 15) is 4.39 Å². The predicted octanol–water partition coefficient (Wildman–Crippen LogP) is 2.26. The van der Waals surface area contributed by atoms with Crippen molar-refractivity contribution in [2.75, 3.05) is 24.7 Å². The van der Waals surface area contributed by atoms with Crippen LogP contribution >= 0.6 is 0 Å². The SMILES string of the molecule is CCc1ncnc(N2CCOC[C@H]2c2noc(C(C)C)n2)c1F. The van der Waals surface area contributed by atoms with Gasteiger partial charge in [0, 0.05) is 12.5 Å². The Morgan fingerprint density at radius 3 is 2.91 bits per heavy atom. The van der Waals surface area contributed by atoms with Crippen molar-refractivity contribution in [2.45, 2.75) is 39.2 Å². The number of rotatable bonds is 4. The van der Waals surface area contributed by atoms with Crippen LogP contribution in [-0.2, 0) is 11.2 Å². The lowest BCUT2D eigenvalue weighted by Crippen LogP contribution is -2.41. The van der Waals surface area contributed by atoms with Crippen LogP contribution in [0.1, 0.15) is 50.1 Å². The molecule has 0 N–H and O–H groups in total. The van der Waals surface area contributed by atoms with Gasteiger partial charge in [-0.05, 0) is 6.42 Å². The Morgan fingerprint density at radius 2 is 2.22 bits per heavy atom. The average Bonchev–Trinajstić information content (AvgIpc) is 3.05. The molecule has 1 saturated heterocycles. The van der Waals surface area contributed by atoms with Gasteiger partial charge in [0.2, 0.25) is 5.89 Å². The van der Waals surface area contributed by atoms with Gasteiger partial charge in [0.25, 0.3) is 0 Å². The van der Waals surface area contributed by atoms with Gasteiger partial charge in [-0.25, -0.2) is 14.4 Å². The maximum atomic E-state index is 14.6. The summed E-state index contributed by atoms with van der Waals surface area (Å²) in [5.74, 6) is 1.06. The molecule has 3 rings (SSSR count). The Kier molecular flexibility index (Phi) is 4.51. The quantitative estimate of drug-likeness (QED) is 0.854. The van der Waals surface area contributed by atoms with E-state index >= 15 is 0 Å². The third-order valence-corrected chi connectivity index (χ3v) is 3.83. The van der Waals surface area contributed by atoms with Gasteiger partial charge in [0.15, 0.2) is 17.5 Å². The van der Waals surface area contributed by atoms with Crippen molar-refractivity contribution in [3.63, 3.8) is 0 Å². The second kappa shape index (κ2) is 6.57. The van der Waals surface area contributed by atoms with E-state index in [1.54, 1.807) is 0 Å². The van der Waals surface area contributed by atoms with Crippen LogP contribution in [0.25, 0.3) is 0 Å². The van der Waals surface area contributed by atoms with Crippen LogP contribution < -0.4 is 4.90 Å². The van der Waals surface area contributed by atoms with Crippen LogP contribution in [0.3, 0.4) is 0 Å². The molecule has 0 aromatic carbocycles. The van der Waals surface area contributed by atoms with Gasteiger partial charge < -0.3 is 14.2 Å². The van der Waals surface area contributed by atoms with Crippen LogP contribution in [0.2, 0.25) is 0 Å². The second-order valence-electron chi connectivity index (χ2n) is 5.74. The molecular formula is C15H20FN5O2. The summed E-state index contributed by atoms with van der Waals surface area (Å²) in [6.45, 7) is 7.18. The molecule has 1 atom stereocenters. The fourth-order valence-corrected chi connectivity index (χ4v) is 2.53. The van der Waals surface area contributed by atoms with Crippen molar-refractivity contribution < 1.29 is 13.7 Å². The Balaban J connectivity index is 1.95. The molecule has 1 fully saturated rings. The van der Waals surface area contributed by atoms with Gasteiger partial charge in [0.05, 0.1) is 18.9 Å². The molecule has 1 aliphatic rings. The van der Waals surface area contributed by atoms with E-state index in [2.05, 4.69) is 20.1 Å². The number of aryl methyl sites for hydroxylation is 1. The Hall–Kier alpha value is -2.09. The van der Waals surface area contributed by atoms with E-state index < -0.39 is 5.82 Å². The first-order valence-corrected chi connectivity index (χ1v) is 7.79. The highest BCUT2D eigenvalue weighted by Crippen LogP contribution is 2.30. The molecule has 0 saturated carbocycles. The zero-order valence-corrected chi connectivity index (χ0v) is 13.5. The molecule has 0 radical (unpaired) electrons. The van der Waals surface area contributed by atoms with E-state index in [1.807, 2.05) is 25.7 Å². The highest BCUT2D eigenvalue weighted by atomic mass is 19.1. The summed E-state index contributed by atoms with van der Waals surface area (Å²) in [6.07, 6.45) is 1.90. The molecule has 23 heavy (non-hydrogen) atoms. The van der Waals surface area contributed by atoms with Crippen LogP contribution in [0.5, 0.6) is 0 Å². The lowest BCUT2D eigenvalue weighted by molar-refractivity contribution is 0.0900. The monoisotopic (exact) mass is 321 g/mol. The van der Waals surface area contributed by atoms with Gasteiger partial charge in [-0.1, -0.05) is 25.9 Å². The Morgan fingerprint density at radius 1 is 1.39 bits per heavy atom. The second-order valence-corrected chi connectivity index (χ2v) is 5.74. The van der Waals surface area contributed by atoms with E-state index in [0.29, 0.717) is 43.6 Å². The molecule has 2 aromatic rings. The molecule has 7 nitrogen and oxygen atoms in total. The minimum absolute atomic E-state index is 0.136. The molecule has 3 heterocycles. The van der Waals surface area contributed by atoms with E-state index in [-0.39, 0.29) is 17.8 Å². The maximum Gasteiger partial charge on any atom is 0.229 e. The number of hydrogen-bond acceptors (Lipinski definition) is 7. The largest absolute Gasteiger partial charge is 0.377 e. The molecule has 0 aliphatic carbocycles. The number of nitrogens with zero attached hydrogens (tertiary/aromatic N) is 5. The maximum absolute atomic E-state index is 14.6. The molecule has 2 aromatic heterocycles. The van der Waals surface area contributed by atoms with E-state index in [0.717, 1.165) is 0 Å². The summed E-state index contributed by atoms with van der Waals surface area (Å²) in [4.78, 5) is 14.4.